The number of benzene rings is 1. The lowest BCUT2D eigenvalue weighted by Gasteiger charge is -2.55. The number of aliphatic hydroxyl groups is 1. The van der Waals surface area contributed by atoms with Crippen LogP contribution in [0.2, 0.25) is 0 Å². The second-order valence-corrected chi connectivity index (χ2v) is 10.9. The monoisotopic (exact) mass is 520 g/mol. The van der Waals surface area contributed by atoms with Crippen LogP contribution in [0.4, 0.5) is 13.2 Å². The highest BCUT2D eigenvalue weighted by Crippen LogP contribution is 2.50. The van der Waals surface area contributed by atoms with Gasteiger partial charge in [0.15, 0.2) is 0 Å². The Morgan fingerprint density at radius 3 is 2.21 bits per heavy atom. The molecule has 0 saturated carbocycles. The molecule has 0 radical (unpaired) electrons. The zero-order chi connectivity index (χ0) is 27.3. The Bertz CT molecular complexity index is 1420. The van der Waals surface area contributed by atoms with Gasteiger partial charge in [0.2, 0.25) is 0 Å². The maximum absolute atomic E-state index is 12.9. The van der Waals surface area contributed by atoms with Crippen molar-refractivity contribution in [1.29, 1.82) is 0 Å². The van der Waals surface area contributed by atoms with Crippen LogP contribution in [-0.4, -0.2) is 44.7 Å². The molecule has 0 amide bonds. The van der Waals surface area contributed by atoms with Gasteiger partial charge in [-0.25, -0.2) is 0 Å². The number of hydrogen-bond acceptors (Lipinski definition) is 4. The van der Waals surface area contributed by atoms with Crippen molar-refractivity contribution in [2.24, 2.45) is 5.41 Å². The van der Waals surface area contributed by atoms with Crippen LogP contribution in [0.1, 0.15) is 49.1 Å². The van der Waals surface area contributed by atoms with Crippen LogP contribution in [0.15, 0.2) is 79.5 Å². The van der Waals surface area contributed by atoms with Gasteiger partial charge in [0.1, 0.15) is 11.3 Å². The fourth-order valence-electron chi connectivity index (χ4n) is 5.57. The summed E-state index contributed by atoms with van der Waals surface area (Å²) in [5, 5.41) is 12.5. The Morgan fingerprint density at radius 2 is 1.63 bits per heavy atom. The molecule has 0 bridgehead atoms. The first-order valence-electron chi connectivity index (χ1n) is 12.6. The fraction of sp³-hybridized carbons (Fsp3) is 0.333. The molecule has 38 heavy (non-hydrogen) atoms. The summed E-state index contributed by atoms with van der Waals surface area (Å²) in [5.41, 5.74) is 2.14. The van der Waals surface area contributed by atoms with E-state index in [1.54, 1.807) is 12.4 Å². The van der Waals surface area contributed by atoms with Crippen LogP contribution in [-0.2, 0) is 11.8 Å². The van der Waals surface area contributed by atoms with Gasteiger partial charge in [0.05, 0.1) is 11.9 Å². The molecule has 0 unspecified atom stereocenters. The molecule has 4 aromatic rings. The van der Waals surface area contributed by atoms with Gasteiger partial charge in [-0.05, 0) is 42.3 Å². The SMILES string of the molecule is CC(C)c1ccc([C@](O)(c2cncc(-n3ccc(-c4ccc(C(F)(F)F)nc4)c3)c2)C2(C)CN(C)C2)cc1. The molecule has 198 valence electrons. The van der Waals surface area contributed by atoms with Crippen LogP contribution in [0, 0.1) is 5.41 Å². The third-order valence-corrected chi connectivity index (χ3v) is 7.63. The molecule has 5 nitrogen and oxygen atoms in total. The number of aromatic nitrogens is 3. The third kappa shape index (κ3) is 4.52. The average molecular weight is 521 g/mol. The van der Waals surface area contributed by atoms with E-state index in [1.165, 1.54) is 17.8 Å². The zero-order valence-electron chi connectivity index (χ0n) is 21.9. The van der Waals surface area contributed by atoms with E-state index in [9.17, 15) is 18.3 Å². The highest BCUT2D eigenvalue weighted by atomic mass is 19.4. The minimum atomic E-state index is -4.48. The molecular weight excluding hydrogens is 489 g/mol. The number of hydrogen-bond donors (Lipinski definition) is 1. The lowest BCUT2D eigenvalue weighted by Crippen LogP contribution is -2.63. The van der Waals surface area contributed by atoms with Gasteiger partial charge in [0, 0.05) is 60.0 Å². The minimum Gasteiger partial charge on any atom is -0.380 e. The summed E-state index contributed by atoms with van der Waals surface area (Å²) in [6, 6.07) is 14.3. The smallest absolute Gasteiger partial charge is 0.380 e. The molecule has 1 N–H and O–H groups in total. The lowest BCUT2D eigenvalue weighted by atomic mass is 9.62. The topological polar surface area (TPSA) is 54.2 Å². The van der Waals surface area contributed by atoms with Crippen molar-refractivity contribution >= 4 is 0 Å². The van der Waals surface area contributed by atoms with E-state index in [2.05, 4.69) is 47.8 Å². The second-order valence-electron chi connectivity index (χ2n) is 10.9. The normalized spacial score (nSPS) is 17.3. The molecule has 1 atom stereocenters. The van der Waals surface area contributed by atoms with Crippen LogP contribution >= 0.6 is 0 Å². The standard InChI is InChI=1S/C30H31F3N4O/c1-20(2)21-5-8-24(9-6-21)29(38,28(3)18-36(4)19-28)25-13-26(16-34-15-25)37-12-11-23(17-37)22-7-10-27(35-14-22)30(31,32)33/h5-17,20,38H,18-19H2,1-4H3/t29-/m0/s1. The predicted molar refractivity (Wildman–Crippen MR) is 141 cm³/mol. The van der Waals surface area contributed by atoms with Gasteiger partial charge in [0.25, 0.3) is 0 Å². The highest BCUT2D eigenvalue weighted by molar-refractivity contribution is 5.63. The van der Waals surface area contributed by atoms with Gasteiger partial charge >= 0.3 is 6.18 Å². The summed E-state index contributed by atoms with van der Waals surface area (Å²) in [4.78, 5) is 10.2. The van der Waals surface area contributed by atoms with Crippen molar-refractivity contribution in [3.63, 3.8) is 0 Å². The molecule has 0 spiro atoms. The quantitative estimate of drug-likeness (QED) is 0.326. The largest absolute Gasteiger partial charge is 0.433 e. The van der Waals surface area contributed by atoms with E-state index in [0.717, 1.165) is 36.0 Å². The molecule has 8 heteroatoms. The molecule has 1 fully saturated rings. The predicted octanol–water partition coefficient (Wildman–Crippen LogP) is 6.26. The number of pyridine rings is 2. The molecule has 4 heterocycles. The first-order valence-corrected chi connectivity index (χ1v) is 12.6. The highest BCUT2D eigenvalue weighted by Gasteiger charge is 2.55. The van der Waals surface area contributed by atoms with Crippen molar-refractivity contribution in [2.45, 2.75) is 38.5 Å². The van der Waals surface area contributed by atoms with Gasteiger partial charge in [-0.2, -0.15) is 13.2 Å². The second kappa shape index (κ2) is 9.36. The number of halogens is 3. The maximum Gasteiger partial charge on any atom is 0.433 e. The first kappa shape index (κ1) is 26.1. The fourth-order valence-corrected chi connectivity index (χ4v) is 5.57. The molecule has 1 aliphatic rings. The van der Waals surface area contributed by atoms with Crippen molar-refractivity contribution in [3.05, 3.63) is 102 Å². The summed E-state index contributed by atoms with van der Waals surface area (Å²) >= 11 is 0. The molecule has 5 rings (SSSR count). The van der Waals surface area contributed by atoms with E-state index >= 15 is 0 Å². The molecule has 1 aliphatic heterocycles. The molecule has 1 saturated heterocycles. The van der Waals surface area contributed by atoms with E-state index < -0.39 is 22.9 Å². The van der Waals surface area contributed by atoms with Gasteiger partial charge in [-0.15, -0.1) is 0 Å². The van der Waals surface area contributed by atoms with Crippen molar-refractivity contribution < 1.29 is 18.3 Å². The van der Waals surface area contributed by atoms with Gasteiger partial charge < -0.3 is 14.6 Å². The lowest BCUT2D eigenvalue weighted by molar-refractivity contribution is -0.141. The Labute approximate surface area is 220 Å². The maximum atomic E-state index is 12.9. The van der Waals surface area contributed by atoms with Gasteiger partial charge in [-0.1, -0.05) is 51.1 Å². The average Bonchev–Trinajstić information content (AvgIpc) is 3.37. The summed E-state index contributed by atoms with van der Waals surface area (Å²) < 4.78 is 40.5. The first-order chi connectivity index (χ1) is 17.9. The Morgan fingerprint density at radius 1 is 0.921 bits per heavy atom. The van der Waals surface area contributed by atoms with Crippen LogP contribution in [0.3, 0.4) is 0 Å². The number of nitrogens with zero attached hydrogens (tertiary/aromatic N) is 4. The molecule has 0 aliphatic carbocycles. The zero-order valence-corrected chi connectivity index (χ0v) is 21.9. The number of alkyl halides is 3. The van der Waals surface area contributed by atoms with E-state index in [-0.39, 0.29) is 0 Å². The van der Waals surface area contributed by atoms with Crippen molar-refractivity contribution in [2.75, 3.05) is 20.1 Å². The van der Waals surface area contributed by atoms with E-state index in [1.807, 2.05) is 48.3 Å². The molecular formula is C30H31F3N4O. The Kier molecular flexibility index (Phi) is 6.44. The summed E-state index contributed by atoms with van der Waals surface area (Å²) in [7, 11) is 2.04. The molecule has 3 aromatic heterocycles. The summed E-state index contributed by atoms with van der Waals surface area (Å²) in [6.45, 7) is 7.84. The van der Waals surface area contributed by atoms with Gasteiger partial charge in [-0.3, -0.25) is 9.97 Å². The van der Waals surface area contributed by atoms with Crippen molar-refractivity contribution in [3.8, 4) is 16.8 Å². The van der Waals surface area contributed by atoms with Crippen molar-refractivity contribution in [1.82, 2.24) is 19.4 Å². The Hall–Kier alpha value is -3.49. The number of likely N-dealkylation sites (tertiary alicyclic amines) is 1. The van der Waals surface area contributed by atoms with Crippen LogP contribution in [0.5, 0.6) is 0 Å². The van der Waals surface area contributed by atoms with E-state index in [4.69, 9.17) is 0 Å². The van der Waals surface area contributed by atoms with E-state index in [0.29, 0.717) is 17.0 Å². The third-order valence-electron chi connectivity index (χ3n) is 7.63. The van der Waals surface area contributed by atoms with Crippen LogP contribution < -0.4 is 0 Å². The Balaban J connectivity index is 1.51. The minimum absolute atomic E-state index is 0.385. The summed E-state index contributed by atoms with van der Waals surface area (Å²) in [5.74, 6) is 0.385. The number of rotatable bonds is 6. The van der Waals surface area contributed by atoms with Crippen LogP contribution in [0.25, 0.3) is 16.8 Å². The molecule has 1 aromatic carbocycles. The summed E-state index contributed by atoms with van der Waals surface area (Å²) in [6.07, 6.45) is 3.81.